The van der Waals surface area contributed by atoms with Gasteiger partial charge in [0.05, 0.1) is 11.7 Å². The monoisotopic (exact) mass is 310 g/mol. The third-order valence-corrected chi connectivity index (χ3v) is 4.46. The first-order valence-electron chi connectivity index (χ1n) is 6.00. The summed E-state index contributed by atoms with van der Waals surface area (Å²) < 4.78 is 62.9. The van der Waals surface area contributed by atoms with Crippen LogP contribution in [0.5, 0.6) is 0 Å². The summed E-state index contributed by atoms with van der Waals surface area (Å²) in [6, 6.07) is 2.69. The number of pyridine rings is 1. The third kappa shape index (κ3) is 5.09. The number of aromatic nitrogens is 1. The van der Waals surface area contributed by atoms with Gasteiger partial charge in [-0.1, -0.05) is 6.92 Å². The van der Waals surface area contributed by atoms with E-state index in [4.69, 9.17) is 0 Å². The van der Waals surface area contributed by atoms with E-state index in [1.54, 1.807) is 26.0 Å². The summed E-state index contributed by atoms with van der Waals surface area (Å²) in [5.41, 5.74) is 1.36. The molecule has 0 amide bonds. The minimum absolute atomic E-state index is 0.609. The van der Waals surface area contributed by atoms with Crippen molar-refractivity contribution in [2.75, 3.05) is 5.75 Å². The Kier molecular flexibility index (Phi) is 5.15. The van der Waals surface area contributed by atoms with Gasteiger partial charge in [-0.25, -0.2) is 13.1 Å². The van der Waals surface area contributed by atoms with Gasteiger partial charge in [-0.2, -0.15) is 13.2 Å². The molecule has 114 valence electrons. The lowest BCUT2D eigenvalue weighted by molar-refractivity contribution is -0.163. The number of aryl methyl sites for hydroxylation is 1. The molecule has 0 radical (unpaired) electrons. The molecule has 2 unspecified atom stereocenters. The highest BCUT2D eigenvalue weighted by atomic mass is 32.2. The Morgan fingerprint density at radius 2 is 1.95 bits per heavy atom. The number of nitrogens with one attached hydrogen (secondary N) is 1. The maximum absolute atomic E-state index is 12.4. The van der Waals surface area contributed by atoms with E-state index in [-0.39, 0.29) is 0 Å². The van der Waals surface area contributed by atoms with Gasteiger partial charge < -0.3 is 0 Å². The van der Waals surface area contributed by atoms with Crippen LogP contribution < -0.4 is 4.72 Å². The molecule has 0 fully saturated rings. The van der Waals surface area contributed by atoms with Crippen LogP contribution in [0.3, 0.4) is 0 Å². The number of rotatable bonds is 5. The highest BCUT2D eigenvalue weighted by molar-refractivity contribution is 7.89. The number of alkyl halides is 3. The van der Waals surface area contributed by atoms with Gasteiger partial charge in [0.1, 0.15) is 0 Å². The first kappa shape index (κ1) is 16.9. The van der Waals surface area contributed by atoms with E-state index in [2.05, 4.69) is 9.71 Å². The molecule has 2 atom stereocenters. The lowest BCUT2D eigenvalue weighted by Gasteiger charge is -2.19. The Hall–Kier alpha value is -1.15. The second kappa shape index (κ2) is 6.09. The van der Waals surface area contributed by atoms with Crippen LogP contribution in [0.15, 0.2) is 18.3 Å². The highest BCUT2D eigenvalue weighted by Gasteiger charge is 2.39. The van der Waals surface area contributed by atoms with Gasteiger partial charge in [0.2, 0.25) is 10.0 Å². The van der Waals surface area contributed by atoms with Crippen molar-refractivity contribution in [3.05, 3.63) is 29.6 Å². The van der Waals surface area contributed by atoms with Crippen LogP contribution in [0.25, 0.3) is 0 Å². The fourth-order valence-corrected chi connectivity index (χ4v) is 3.26. The average Bonchev–Trinajstić information content (AvgIpc) is 2.26. The zero-order valence-corrected chi connectivity index (χ0v) is 12.2. The smallest absolute Gasteiger partial charge is 0.262 e. The Morgan fingerprint density at radius 1 is 1.35 bits per heavy atom. The molecule has 1 aromatic heterocycles. The molecule has 1 rings (SSSR count). The zero-order chi connectivity index (χ0) is 15.6. The number of sulfonamides is 1. The predicted octanol–water partition coefficient (Wildman–Crippen LogP) is 2.57. The van der Waals surface area contributed by atoms with E-state index in [1.165, 1.54) is 6.20 Å². The molecule has 0 aromatic carbocycles. The van der Waals surface area contributed by atoms with Crippen molar-refractivity contribution >= 4 is 10.0 Å². The van der Waals surface area contributed by atoms with Crippen LogP contribution in [0.4, 0.5) is 13.2 Å². The van der Waals surface area contributed by atoms with Gasteiger partial charge in [0.25, 0.3) is 0 Å². The van der Waals surface area contributed by atoms with Crippen LogP contribution in [-0.4, -0.2) is 25.3 Å². The largest absolute Gasteiger partial charge is 0.392 e. The van der Waals surface area contributed by atoms with Crippen molar-refractivity contribution in [1.29, 1.82) is 0 Å². The van der Waals surface area contributed by atoms with Crippen LogP contribution in [0.1, 0.15) is 31.1 Å². The van der Waals surface area contributed by atoms with Gasteiger partial charge >= 0.3 is 6.18 Å². The summed E-state index contributed by atoms with van der Waals surface area (Å²) in [5, 5.41) is 0. The van der Waals surface area contributed by atoms with E-state index >= 15 is 0 Å². The quantitative estimate of drug-likeness (QED) is 0.909. The predicted molar refractivity (Wildman–Crippen MR) is 69.5 cm³/mol. The van der Waals surface area contributed by atoms with E-state index in [0.717, 1.165) is 6.92 Å². The molecule has 0 saturated carbocycles. The van der Waals surface area contributed by atoms with Gasteiger partial charge in [-0.3, -0.25) is 4.98 Å². The summed E-state index contributed by atoms with van der Waals surface area (Å²) >= 11 is 0. The molecular formula is C12H17F3N2O2S. The molecule has 8 heteroatoms. The van der Waals surface area contributed by atoms with Crippen LogP contribution in [0.2, 0.25) is 0 Å². The van der Waals surface area contributed by atoms with Crippen molar-refractivity contribution < 1.29 is 21.6 Å². The van der Waals surface area contributed by atoms with Crippen molar-refractivity contribution in [2.45, 2.75) is 33.0 Å². The normalized spacial score (nSPS) is 15.9. The molecule has 4 nitrogen and oxygen atoms in total. The second-order valence-corrected chi connectivity index (χ2v) is 6.59. The molecule has 0 aliphatic carbocycles. The number of nitrogens with zero attached hydrogens (tertiary/aromatic N) is 1. The van der Waals surface area contributed by atoms with E-state index in [9.17, 15) is 21.6 Å². The SMILES string of the molecule is Cc1cc(C(C)NS(=O)(=O)CC(C)C(F)(F)F)ccn1. The Bertz CT molecular complexity index is 558. The first-order valence-corrected chi connectivity index (χ1v) is 7.66. The van der Waals surface area contributed by atoms with Gasteiger partial charge in [0.15, 0.2) is 0 Å². The van der Waals surface area contributed by atoms with Crippen molar-refractivity contribution in [3.8, 4) is 0 Å². The van der Waals surface area contributed by atoms with E-state index < -0.39 is 33.9 Å². The van der Waals surface area contributed by atoms with Crippen molar-refractivity contribution in [1.82, 2.24) is 9.71 Å². The lowest BCUT2D eigenvalue weighted by Crippen LogP contribution is -2.35. The highest BCUT2D eigenvalue weighted by Crippen LogP contribution is 2.27. The summed E-state index contributed by atoms with van der Waals surface area (Å²) in [5.74, 6) is -2.89. The number of hydrogen-bond acceptors (Lipinski definition) is 3. The van der Waals surface area contributed by atoms with Gasteiger partial charge in [0, 0.05) is 17.9 Å². The fourth-order valence-electron chi connectivity index (χ4n) is 1.65. The average molecular weight is 310 g/mol. The van der Waals surface area contributed by atoms with Crippen molar-refractivity contribution in [2.24, 2.45) is 5.92 Å². The maximum Gasteiger partial charge on any atom is 0.392 e. The Morgan fingerprint density at radius 3 is 2.45 bits per heavy atom. The topological polar surface area (TPSA) is 59.1 Å². The molecule has 0 bridgehead atoms. The molecule has 0 aliphatic rings. The summed E-state index contributed by atoms with van der Waals surface area (Å²) in [6.45, 7) is 4.17. The van der Waals surface area contributed by atoms with Gasteiger partial charge in [-0.05, 0) is 31.5 Å². The number of hydrogen-bond donors (Lipinski definition) is 1. The molecule has 1 heterocycles. The molecule has 0 saturated heterocycles. The molecule has 1 aromatic rings. The number of halogens is 3. The van der Waals surface area contributed by atoms with E-state index in [1.807, 2.05) is 0 Å². The van der Waals surface area contributed by atoms with E-state index in [0.29, 0.717) is 11.3 Å². The minimum Gasteiger partial charge on any atom is -0.262 e. The first-order chi connectivity index (χ1) is 9.01. The Balaban J connectivity index is 2.76. The third-order valence-electron chi connectivity index (χ3n) is 2.81. The lowest BCUT2D eigenvalue weighted by atomic mass is 10.1. The minimum atomic E-state index is -4.52. The molecule has 1 N–H and O–H groups in total. The molecule has 0 spiro atoms. The van der Waals surface area contributed by atoms with Crippen molar-refractivity contribution in [3.63, 3.8) is 0 Å². The molecular weight excluding hydrogens is 293 g/mol. The Labute approximate surface area is 116 Å². The van der Waals surface area contributed by atoms with Crippen LogP contribution >= 0.6 is 0 Å². The fraction of sp³-hybridized carbons (Fsp3) is 0.583. The zero-order valence-electron chi connectivity index (χ0n) is 11.4. The summed E-state index contributed by atoms with van der Waals surface area (Å²) in [6.07, 6.45) is -3.00. The standard InChI is InChI=1S/C12H17F3N2O2S/c1-8(12(13,14)15)7-20(18,19)17-10(3)11-4-5-16-9(2)6-11/h4-6,8,10,17H,7H2,1-3H3. The molecule has 0 aliphatic heterocycles. The van der Waals surface area contributed by atoms with Crippen LogP contribution in [0, 0.1) is 12.8 Å². The summed E-state index contributed by atoms with van der Waals surface area (Å²) in [4.78, 5) is 3.97. The second-order valence-electron chi connectivity index (χ2n) is 4.79. The maximum atomic E-state index is 12.4. The molecule has 20 heavy (non-hydrogen) atoms. The summed E-state index contributed by atoms with van der Waals surface area (Å²) in [7, 11) is -4.01. The van der Waals surface area contributed by atoms with Gasteiger partial charge in [-0.15, -0.1) is 0 Å². The van der Waals surface area contributed by atoms with Crippen LogP contribution in [-0.2, 0) is 10.0 Å².